The van der Waals surface area contributed by atoms with E-state index in [2.05, 4.69) is 58.9 Å². The van der Waals surface area contributed by atoms with Crippen molar-refractivity contribution in [2.45, 2.75) is 92.9 Å². The zero-order chi connectivity index (χ0) is 22.8. The van der Waals surface area contributed by atoms with Gasteiger partial charge in [0.15, 0.2) is 0 Å². The summed E-state index contributed by atoms with van der Waals surface area (Å²) in [6.07, 6.45) is 15.5. The maximum atomic E-state index is 10.5. The topological polar surface area (TPSA) is 62.2 Å². The third-order valence-electron chi connectivity index (χ3n) is 5.51. The van der Waals surface area contributed by atoms with Crippen molar-refractivity contribution in [1.29, 1.82) is 0 Å². The summed E-state index contributed by atoms with van der Waals surface area (Å²) in [5.41, 5.74) is 0. The van der Waals surface area contributed by atoms with Gasteiger partial charge < -0.3 is 14.7 Å². The van der Waals surface area contributed by atoms with E-state index < -0.39 is 7.82 Å². The van der Waals surface area contributed by atoms with Crippen LogP contribution >= 0.6 is 7.82 Å². The molecular formula is C23H49N2O4P. The highest BCUT2D eigenvalue weighted by Gasteiger charge is 2.19. The molecule has 0 aromatic rings. The lowest BCUT2D eigenvalue weighted by Gasteiger charge is -2.27. The van der Waals surface area contributed by atoms with Crippen LogP contribution in [0, 0.1) is 11.8 Å². The predicted octanol–water partition coefficient (Wildman–Crippen LogP) is 6.63. The minimum absolute atomic E-state index is 0.188. The van der Waals surface area contributed by atoms with E-state index in [9.17, 15) is 4.57 Å². The third-order valence-corrected chi connectivity index (χ3v) is 6.68. The Labute approximate surface area is 186 Å². The maximum Gasteiger partial charge on any atom is 0.472 e. The van der Waals surface area contributed by atoms with Crippen molar-refractivity contribution in [3.05, 3.63) is 12.4 Å². The van der Waals surface area contributed by atoms with Crippen LogP contribution in [0.3, 0.4) is 0 Å². The fourth-order valence-corrected chi connectivity index (χ4v) is 4.34. The molecule has 1 N–H and O–H groups in total. The van der Waals surface area contributed by atoms with Gasteiger partial charge in [-0.25, -0.2) is 4.57 Å². The largest absolute Gasteiger partial charge is 0.472 e. The maximum absolute atomic E-state index is 10.5. The molecule has 1 aliphatic heterocycles. The van der Waals surface area contributed by atoms with Gasteiger partial charge in [-0.2, -0.15) is 0 Å². The number of hydrogen-bond donors (Lipinski definition) is 1. The summed E-state index contributed by atoms with van der Waals surface area (Å²) in [6.45, 7) is 16.5. The Morgan fingerprint density at radius 2 is 1.23 bits per heavy atom. The molecule has 180 valence electrons. The molecule has 0 amide bonds. The first-order valence-electron chi connectivity index (χ1n) is 12.1. The smallest absolute Gasteiger partial charge is 0.358 e. The van der Waals surface area contributed by atoms with E-state index in [0.717, 1.165) is 18.5 Å². The molecule has 0 aromatic heterocycles. The molecule has 6 nitrogen and oxygen atoms in total. The molecule has 0 spiro atoms. The Kier molecular flexibility index (Phi) is 17.7. The Balaban J connectivity index is 0.000000787. The van der Waals surface area contributed by atoms with Crippen molar-refractivity contribution in [3.8, 4) is 0 Å². The van der Waals surface area contributed by atoms with Crippen molar-refractivity contribution < 1.29 is 18.5 Å². The van der Waals surface area contributed by atoms with Gasteiger partial charge in [0.05, 0.1) is 19.9 Å². The van der Waals surface area contributed by atoms with Crippen LogP contribution in [0.4, 0.5) is 0 Å². The Hall–Kier alpha value is -0.550. The fourth-order valence-electron chi connectivity index (χ4n) is 3.61. The molecule has 0 saturated heterocycles. The van der Waals surface area contributed by atoms with Crippen LogP contribution < -0.4 is 0 Å². The van der Waals surface area contributed by atoms with E-state index >= 15 is 0 Å². The number of phosphoric ester groups is 1. The lowest BCUT2D eigenvalue weighted by molar-refractivity contribution is 0.161. The number of nitrogens with zero attached hydrogens (tertiary/aromatic N) is 2. The van der Waals surface area contributed by atoms with Crippen LogP contribution in [-0.2, 0) is 13.6 Å². The van der Waals surface area contributed by atoms with Crippen molar-refractivity contribution >= 4 is 7.82 Å². The highest BCUT2D eigenvalue weighted by Crippen LogP contribution is 2.42. The van der Waals surface area contributed by atoms with Crippen molar-refractivity contribution in [3.63, 3.8) is 0 Å². The van der Waals surface area contributed by atoms with Gasteiger partial charge in [0.25, 0.3) is 0 Å². The van der Waals surface area contributed by atoms with Crippen LogP contribution in [0.15, 0.2) is 12.4 Å². The second-order valence-corrected chi connectivity index (χ2v) is 9.57. The SMILES string of the molecule is CCCCC(CC)CN1C=CN(CC(CC)CCCC)C1.CCOP(=O)(O)OCC. The van der Waals surface area contributed by atoms with Gasteiger partial charge in [0, 0.05) is 25.5 Å². The van der Waals surface area contributed by atoms with Crippen LogP contribution in [0.2, 0.25) is 0 Å². The molecule has 0 aliphatic carbocycles. The molecule has 1 aliphatic rings. The average Bonchev–Trinajstić information content (AvgIpc) is 3.15. The van der Waals surface area contributed by atoms with Gasteiger partial charge in [0.2, 0.25) is 0 Å². The minimum atomic E-state index is -3.69. The number of unbranched alkanes of at least 4 members (excludes halogenated alkanes) is 2. The lowest BCUT2D eigenvalue weighted by Crippen LogP contribution is -2.32. The molecule has 0 radical (unpaired) electrons. The summed E-state index contributed by atoms with van der Waals surface area (Å²) in [5.74, 6) is 1.74. The van der Waals surface area contributed by atoms with Crippen molar-refractivity contribution in [1.82, 2.24) is 9.80 Å². The van der Waals surface area contributed by atoms with Crippen LogP contribution in [0.5, 0.6) is 0 Å². The molecule has 1 heterocycles. The standard InChI is InChI=1S/C19H38N2.C4H11O4P/c1-5-9-11-18(7-3)15-20-13-14-21(17-20)16-19(8-4)12-10-6-2;1-3-7-9(5,6)8-4-2/h13-14,18-19H,5-12,15-17H2,1-4H3;3-4H2,1-2H3,(H,5,6). The second-order valence-electron chi connectivity index (χ2n) is 8.12. The summed E-state index contributed by atoms with van der Waals surface area (Å²) in [7, 11) is -3.69. The van der Waals surface area contributed by atoms with Gasteiger partial charge in [-0.1, -0.05) is 66.2 Å². The molecule has 0 saturated carbocycles. The number of phosphoric acid groups is 1. The quantitative estimate of drug-likeness (QED) is 0.268. The predicted molar refractivity (Wildman–Crippen MR) is 127 cm³/mol. The Morgan fingerprint density at radius 3 is 1.53 bits per heavy atom. The highest BCUT2D eigenvalue weighted by atomic mass is 31.2. The fraction of sp³-hybridized carbons (Fsp3) is 0.913. The molecule has 0 aromatic carbocycles. The van der Waals surface area contributed by atoms with Gasteiger partial charge in [0.1, 0.15) is 0 Å². The minimum Gasteiger partial charge on any atom is -0.358 e. The van der Waals surface area contributed by atoms with E-state index in [1.807, 2.05) is 0 Å². The summed E-state index contributed by atoms with van der Waals surface area (Å²) >= 11 is 0. The van der Waals surface area contributed by atoms with Gasteiger partial charge in [-0.05, 0) is 38.5 Å². The first-order chi connectivity index (χ1) is 14.3. The van der Waals surface area contributed by atoms with E-state index in [4.69, 9.17) is 4.89 Å². The van der Waals surface area contributed by atoms with Crippen LogP contribution in [-0.4, -0.2) is 47.7 Å². The molecule has 7 heteroatoms. The molecule has 0 bridgehead atoms. The normalized spacial score (nSPS) is 15.8. The zero-order valence-electron chi connectivity index (χ0n) is 20.5. The second kappa shape index (κ2) is 18.1. The average molecular weight is 449 g/mol. The van der Waals surface area contributed by atoms with Gasteiger partial charge in [-0.15, -0.1) is 0 Å². The molecule has 1 rings (SSSR count). The first-order valence-corrected chi connectivity index (χ1v) is 13.6. The highest BCUT2D eigenvalue weighted by molar-refractivity contribution is 7.47. The van der Waals surface area contributed by atoms with Crippen molar-refractivity contribution in [2.24, 2.45) is 11.8 Å². The first kappa shape index (κ1) is 29.5. The Morgan fingerprint density at radius 1 is 0.833 bits per heavy atom. The van der Waals surface area contributed by atoms with E-state index in [0.29, 0.717) is 0 Å². The molecule has 30 heavy (non-hydrogen) atoms. The van der Waals surface area contributed by atoms with Crippen LogP contribution in [0.1, 0.15) is 92.9 Å². The summed E-state index contributed by atoms with van der Waals surface area (Å²) < 4.78 is 19.2. The van der Waals surface area contributed by atoms with Crippen LogP contribution in [0.25, 0.3) is 0 Å². The summed E-state index contributed by atoms with van der Waals surface area (Å²) in [4.78, 5) is 13.7. The lowest BCUT2D eigenvalue weighted by atomic mass is 9.99. The van der Waals surface area contributed by atoms with E-state index in [1.54, 1.807) is 13.8 Å². The number of rotatable bonds is 16. The zero-order valence-corrected chi connectivity index (χ0v) is 21.4. The molecule has 0 fully saturated rings. The number of hydrogen-bond acceptors (Lipinski definition) is 5. The van der Waals surface area contributed by atoms with Crippen molar-refractivity contribution in [2.75, 3.05) is 33.0 Å². The monoisotopic (exact) mass is 448 g/mol. The third kappa shape index (κ3) is 14.5. The van der Waals surface area contributed by atoms with E-state index in [1.165, 1.54) is 64.5 Å². The van der Waals surface area contributed by atoms with E-state index in [-0.39, 0.29) is 13.2 Å². The molecule has 2 atom stereocenters. The Bertz CT molecular complexity index is 440. The molecule has 2 unspecified atom stereocenters. The van der Waals surface area contributed by atoms with Gasteiger partial charge in [-0.3, -0.25) is 9.05 Å². The summed E-state index contributed by atoms with van der Waals surface area (Å²) in [6, 6.07) is 0. The van der Waals surface area contributed by atoms with Gasteiger partial charge >= 0.3 is 7.82 Å². The summed E-state index contributed by atoms with van der Waals surface area (Å²) in [5, 5.41) is 0. The molecular weight excluding hydrogens is 399 g/mol.